The number of fused-ring (bicyclic) bond motifs is 1. The number of non-ortho nitro benzene ring substituents is 1. The van der Waals surface area contributed by atoms with E-state index >= 15 is 0 Å². The molecular formula is C7H5FN4O2. The fourth-order valence-electron chi connectivity index (χ4n) is 1.22. The zero-order chi connectivity index (χ0) is 10.3. The van der Waals surface area contributed by atoms with Crippen LogP contribution in [0.3, 0.4) is 0 Å². The predicted molar refractivity (Wildman–Crippen MR) is 47.1 cm³/mol. The van der Waals surface area contributed by atoms with Gasteiger partial charge in [0.05, 0.1) is 16.5 Å². The Kier molecular flexibility index (Phi) is 1.60. The van der Waals surface area contributed by atoms with Crippen molar-refractivity contribution in [2.75, 3.05) is 5.73 Å². The molecule has 0 aliphatic carbocycles. The number of nitro benzene ring substituents is 1. The first-order valence-electron chi connectivity index (χ1n) is 3.67. The molecule has 0 atom stereocenters. The Hall–Kier alpha value is -2.18. The van der Waals surface area contributed by atoms with Gasteiger partial charge >= 0.3 is 0 Å². The molecule has 1 aromatic carbocycles. The maximum atomic E-state index is 12.9. The Morgan fingerprint density at radius 2 is 2.29 bits per heavy atom. The average Bonchev–Trinajstić information content (AvgIpc) is 2.42. The van der Waals surface area contributed by atoms with E-state index in [4.69, 9.17) is 5.73 Å². The molecule has 0 amide bonds. The summed E-state index contributed by atoms with van der Waals surface area (Å²) in [5, 5.41) is 10.5. The highest BCUT2D eigenvalue weighted by Gasteiger charge is 2.17. The monoisotopic (exact) mass is 196 g/mol. The van der Waals surface area contributed by atoms with Crippen molar-refractivity contribution in [2.45, 2.75) is 0 Å². The Balaban J connectivity index is 2.85. The summed E-state index contributed by atoms with van der Waals surface area (Å²) >= 11 is 0. The first kappa shape index (κ1) is 8.42. The minimum absolute atomic E-state index is 0.0219. The van der Waals surface area contributed by atoms with Crippen molar-refractivity contribution < 1.29 is 9.31 Å². The van der Waals surface area contributed by atoms with Crippen LogP contribution in [0.2, 0.25) is 0 Å². The van der Waals surface area contributed by atoms with Gasteiger partial charge in [-0.05, 0) is 0 Å². The van der Waals surface area contributed by atoms with Gasteiger partial charge < -0.3 is 10.7 Å². The van der Waals surface area contributed by atoms with E-state index in [-0.39, 0.29) is 17.0 Å². The van der Waals surface area contributed by atoms with E-state index in [9.17, 15) is 14.5 Å². The number of halogens is 1. The second-order valence-corrected chi connectivity index (χ2v) is 2.70. The number of rotatable bonds is 1. The van der Waals surface area contributed by atoms with E-state index in [1.54, 1.807) is 0 Å². The van der Waals surface area contributed by atoms with Gasteiger partial charge in [-0.2, -0.15) is 0 Å². The van der Waals surface area contributed by atoms with Crippen molar-refractivity contribution in [3.8, 4) is 0 Å². The van der Waals surface area contributed by atoms with Gasteiger partial charge in [-0.3, -0.25) is 10.1 Å². The molecule has 0 unspecified atom stereocenters. The van der Waals surface area contributed by atoms with Crippen molar-refractivity contribution in [3.63, 3.8) is 0 Å². The van der Waals surface area contributed by atoms with Crippen molar-refractivity contribution in [1.82, 2.24) is 9.97 Å². The molecule has 0 aliphatic rings. The summed E-state index contributed by atoms with van der Waals surface area (Å²) in [6.45, 7) is 0. The number of aromatic nitrogens is 2. The zero-order valence-electron chi connectivity index (χ0n) is 6.82. The fraction of sp³-hybridized carbons (Fsp3) is 0. The average molecular weight is 196 g/mol. The summed E-state index contributed by atoms with van der Waals surface area (Å²) in [5.41, 5.74) is 5.18. The largest absolute Gasteiger partial charge is 0.369 e. The number of anilines is 1. The number of nitro groups is 1. The summed E-state index contributed by atoms with van der Waals surface area (Å²) in [6, 6.07) is 1.91. The van der Waals surface area contributed by atoms with Gasteiger partial charge in [0, 0.05) is 6.07 Å². The number of hydrogen-bond donors (Lipinski definition) is 2. The van der Waals surface area contributed by atoms with Gasteiger partial charge in [0.2, 0.25) is 0 Å². The molecule has 0 saturated heterocycles. The molecule has 0 saturated carbocycles. The lowest BCUT2D eigenvalue weighted by molar-refractivity contribution is -0.383. The highest BCUT2D eigenvalue weighted by molar-refractivity contribution is 5.86. The summed E-state index contributed by atoms with van der Waals surface area (Å²) in [4.78, 5) is 16.0. The Morgan fingerprint density at radius 3 is 2.93 bits per heavy atom. The van der Waals surface area contributed by atoms with E-state index in [0.29, 0.717) is 0 Å². The second kappa shape index (κ2) is 2.66. The minimum Gasteiger partial charge on any atom is -0.369 e. The van der Waals surface area contributed by atoms with Gasteiger partial charge in [-0.25, -0.2) is 9.37 Å². The Bertz CT molecular complexity index is 522. The number of nitrogens with two attached hydrogens (primary N) is 1. The topological polar surface area (TPSA) is 97.8 Å². The van der Waals surface area contributed by atoms with Crippen molar-refractivity contribution in [2.24, 2.45) is 0 Å². The third-order valence-corrected chi connectivity index (χ3v) is 1.75. The van der Waals surface area contributed by atoms with Gasteiger partial charge in [-0.15, -0.1) is 0 Å². The molecule has 72 valence electrons. The number of nitrogens with zero attached hydrogens (tertiary/aromatic N) is 2. The minimum atomic E-state index is -0.703. The molecule has 7 heteroatoms. The number of nitrogen functional groups attached to an aromatic ring is 1. The van der Waals surface area contributed by atoms with Crippen LogP contribution in [0.5, 0.6) is 0 Å². The lowest BCUT2D eigenvalue weighted by Gasteiger charge is -1.92. The molecule has 1 heterocycles. The molecule has 14 heavy (non-hydrogen) atoms. The highest BCUT2D eigenvalue weighted by Crippen LogP contribution is 2.25. The molecule has 0 radical (unpaired) electrons. The van der Waals surface area contributed by atoms with Crippen LogP contribution in [0.1, 0.15) is 0 Å². The van der Waals surface area contributed by atoms with E-state index in [0.717, 1.165) is 12.1 Å². The van der Waals surface area contributed by atoms with Gasteiger partial charge in [0.25, 0.3) is 5.69 Å². The lowest BCUT2D eigenvalue weighted by atomic mass is 10.2. The van der Waals surface area contributed by atoms with Crippen molar-refractivity contribution in [3.05, 3.63) is 28.1 Å². The molecule has 0 spiro atoms. The van der Waals surface area contributed by atoms with Crippen LogP contribution in [0, 0.1) is 15.9 Å². The normalized spacial score (nSPS) is 10.6. The van der Waals surface area contributed by atoms with Crippen LogP contribution in [0.15, 0.2) is 12.1 Å². The van der Waals surface area contributed by atoms with Crippen LogP contribution in [0.4, 0.5) is 16.0 Å². The zero-order valence-corrected chi connectivity index (χ0v) is 6.82. The third-order valence-electron chi connectivity index (χ3n) is 1.75. The summed E-state index contributed by atoms with van der Waals surface area (Å²) in [7, 11) is 0. The second-order valence-electron chi connectivity index (χ2n) is 2.70. The summed E-state index contributed by atoms with van der Waals surface area (Å²) < 4.78 is 12.9. The predicted octanol–water partition coefficient (Wildman–Crippen LogP) is 1.19. The highest BCUT2D eigenvalue weighted by atomic mass is 19.1. The Labute approximate surface area is 76.7 Å². The quantitative estimate of drug-likeness (QED) is 0.528. The molecule has 2 rings (SSSR count). The van der Waals surface area contributed by atoms with Crippen LogP contribution < -0.4 is 5.73 Å². The summed E-state index contributed by atoms with van der Waals surface area (Å²) in [5.74, 6) is -0.679. The van der Waals surface area contributed by atoms with Crippen LogP contribution in [-0.4, -0.2) is 14.9 Å². The van der Waals surface area contributed by atoms with E-state index in [1.165, 1.54) is 0 Å². The van der Waals surface area contributed by atoms with Crippen LogP contribution in [-0.2, 0) is 0 Å². The number of imidazole rings is 1. The molecule has 6 nitrogen and oxygen atoms in total. The Morgan fingerprint density at radius 1 is 1.57 bits per heavy atom. The van der Waals surface area contributed by atoms with E-state index < -0.39 is 16.4 Å². The fourth-order valence-corrected chi connectivity index (χ4v) is 1.22. The molecular weight excluding hydrogens is 191 g/mol. The van der Waals surface area contributed by atoms with Gasteiger partial charge in [0.15, 0.2) is 11.5 Å². The molecule has 3 N–H and O–H groups in total. The molecule has 1 aromatic heterocycles. The maximum Gasteiger partial charge on any atom is 0.300 e. The lowest BCUT2D eigenvalue weighted by Crippen LogP contribution is -1.91. The van der Waals surface area contributed by atoms with Crippen molar-refractivity contribution >= 4 is 22.7 Å². The first-order chi connectivity index (χ1) is 6.58. The molecule has 0 fully saturated rings. The molecule has 2 aromatic rings. The summed E-state index contributed by atoms with van der Waals surface area (Å²) in [6.07, 6.45) is 0. The van der Waals surface area contributed by atoms with Gasteiger partial charge in [0.1, 0.15) is 5.82 Å². The molecule has 0 aliphatic heterocycles. The first-order valence-corrected chi connectivity index (χ1v) is 3.67. The van der Waals surface area contributed by atoms with E-state index in [2.05, 4.69) is 9.97 Å². The number of benzene rings is 1. The van der Waals surface area contributed by atoms with Gasteiger partial charge in [-0.1, -0.05) is 0 Å². The number of aromatic amines is 1. The van der Waals surface area contributed by atoms with E-state index in [1.807, 2.05) is 0 Å². The SMILES string of the molecule is Nc1nc2c([N+](=O)[O-])cc(F)cc2[nH]1. The van der Waals surface area contributed by atoms with Crippen LogP contribution >= 0.6 is 0 Å². The maximum absolute atomic E-state index is 12.9. The smallest absolute Gasteiger partial charge is 0.300 e. The standard InChI is InChI=1S/C7H5FN4O2/c8-3-1-4-6(11-7(9)10-4)5(2-3)12(13)14/h1-2H,(H3,9,10,11). The third kappa shape index (κ3) is 1.15. The number of H-pyrrole nitrogens is 1. The van der Waals surface area contributed by atoms with Crippen molar-refractivity contribution in [1.29, 1.82) is 0 Å². The molecule has 0 bridgehead atoms. The number of hydrogen-bond acceptors (Lipinski definition) is 4. The number of nitrogens with one attached hydrogen (secondary N) is 1. The van der Waals surface area contributed by atoms with Crippen LogP contribution in [0.25, 0.3) is 11.0 Å².